The average molecular weight is 360 g/mol. The number of allylic oxidation sites excluding steroid dienone is 2. The van der Waals surface area contributed by atoms with Gasteiger partial charge in [-0.25, -0.2) is 9.97 Å². The molecule has 0 atom stereocenters. The van der Waals surface area contributed by atoms with Gasteiger partial charge in [0.05, 0.1) is 29.2 Å². The van der Waals surface area contributed by atoms with Gasteiger partial charge in [0, 0.05) is 12.4 Å². The summed E-state index contributed by atoms with van der Waals surface area (Å²) < 4.78 is 5.60. The molecular formula is C18H22ClN5O. The van der Waals surface area contributed by atoms with Crippen LogP contribution in [0.3, 0.4) is 0 Å². The van der Waals surface area contributed by atoms with Crippen LogP contribution >= 0.6 is 11.6 Å². The zero-order valence-corrected chi connectivity index (χ0v) is 15.0. The second-order valence-electron chi connectivity index (χ2n) is 6.51. The maximum atomic E-state index is 6.55. The van der Waals surface area contributed by atoms with Crippen LogP contribution in [-0.4, -0.2) is 27.1 Å². The molecule has 0 saturated heterocycles. The number of rotatable bonds is 4. The molecule has 7 heteroatoms. The van der Waals surface area contributed by atoms with Crippen molar-refractivity contribution in [2.45, 2.75) is 44.7 Å². The third kappa shape index (κ3) is 2.95. The lowest BCUT2D eigenvalue weighted by molar-refractivity contribution is 0.126. The lowest BCUT2D eigenvalue weighted by Crippen LogP contribution is -2.51. The lowest BCUT2D eigenvalue weighted by Gasteiger charge is -2.43. The number of ether oxygens (including phenoxy) is 1. The molecule has 6 nitrogen and oxygen atoms in total. The largest absolute Gasteiger partial charge is 0.488 e. The van der Waals surface area contributed by atoms with Crippen molar-refractivity contribution in [3.05, 3.63) is 47.4 Å². The van der Waals surface area contributed by atoms with E-state index in [1.54, 1.807) is 6.20 Å². The van der Waals surface area contributed by atoms with Crippen molar-refractivity contribution in [3.63, 3.8) is 0 Å². The van der Waals surface area contributed by atoms with E-state index in [1.807, 2.05) is 19.2 Å². The fourth-order valence-corrected chi connectivity index (χ4v) is 4.00. The third-order valence-electron chi connectivity index (χ3n) is 4.92. The van der Waals surface area contributed by atoms with E-state index in [-0.39, 0.29) is 5.66 Å². The van der Waals surface area contributed by atoms with Gasteiger partial charge in [0.25, 0.3) is 0 Å². The Balaban J connectivity index is 1.62. The van der Waals surface area contributed by atoms with Gasteiger partial charge < -0.3 is 20.3 Å². The molecule has 25 heavy (non-hydrogen) atoms. The van der Waals surface area contributed by atoms with Gasteiger partial charge in [-0.2, -0.15) is 0 Å². The highest BCUT2D eigenvalue weighted by Crippen LogP contribution is 2.42. The summed E-state index contributed by atoms with van der Waals surface area (Å²) in [6.45, 7) is 2.50. The van der Waals surface area contributed by atoms with Crippen LogP contribution in [0.25, 0.3) is 0 Å². The van der Waals surface area contributed by atoms with Crippen molar-refractivity contribution in [1.82, 2.24) is 20.2 Å². The van der Waals surface area contributed by atoms with Crippen molar-refractivity contribution in [1.29, 1.82) is 0 Å². The fourth-order valence-electron chi connectivity index (χ4n) is 3.74. The molecule has 1 spiro atoms. The van der Waals surface area contributed by atoms with Crippen molar-refractivity contribution in [2.75, 3.05) is 11.9 Å². The Bertz CT molecular complexity index is 752. The van der Waals surface area contributed by atoms with E-state index < -0.39 is 0 Å². The number of anilines is 1. The third-order valence-corrected chi connectivity index (χ3v) is 5.22. The van der Waals surface area contributed by atoms with E-state index >= 15 is 0 Å². The molecule has 3 aliphatic rings. The van der Waals surface area contributed by atoms with Crippen LogP contribution in [0.4, 0.5) is 5.82 Å². The second kappa shape index (κ2) is 6.59. The summed E-state index contributed by atoms with van der Waals surface area (Å²) in [5.41, 5.74) is 1.86. The minimum atomic E-state index is -0.0522. The van der Waals surface area contributed by atoms with Crippen LogP contribution < -0.4 is 15.4 Å². The van der Waals surface area contributed by atoms with Crippen LogP contribution in [0.15, 0.2) is 47.4 Å². The van der Waals surface area contributed by atoms with Gasteiger partial charge in [-0.3, -0.25) is 0 Å². The van der Waals surface area contributed by atoms with E-state index in [9.17, 15) is 0 Å². The Morgan fingerprint density at radius 1 is 1.36 bits per heavy atom. The van der Waals surface area contributed by atoms with Crippen LogP contribution in [-0.2, 0) is 0 Å². The first-order chi connectivity index (χ1) is 12.2. The fraction of sp³-hybridized carbons (Fsp3) is 0.444. The summed E-state index contributed by atoms with van der Waals surface area (Å²) >= 11 is 6.55. The Labute approximate surface area is 152 Å². The number of hydrogen-bond acceptors (Lipinski definition) is 6. The Morgan fingerprint density at radius 3 is 3.00 bits per heavy atom. The topological polar surface area (TPSA) is 62.3 Å². The molecule has 1 aromatic heterocycles. The quantitative estimate of drug-likeness (QED) is 0.855. The van der Waals surface area contributed by atoms with Crippen molar-refractivity contribution in [3.8, 4) is 5.75 Å². The molecule has 0 radical (unpaired) electrons. The second-order valence-corrected chi connectivity index (χ2v) is 6.91. The molecule has 2 N–H and O–H groups in total. The van der Waals surface area contributed by atoms with Gasteiger partial charge in [-0.05, 0) is 38.7 Å². The van der Waals surface area contributed by atoms with E-state index in [4.69, 9.17) is 16.3 Å². The number of hydrogen-bond donors (Lipinski definition) is 2. The number of nitrogens with zero attached hydrogens (tertiary/aromatic N) is 3. The molecule has 0 amide bonds. The molecule has 0 bridgehead atoms. The first-order valence-electron chi connectivity index (χ1n) is 8.78. The summed E-state index contributed by atoms with van der Waals surface area (Å²) in [4.78, 5) is 10.6. The Hall–Kier alpha value is -2.21. The normalized spacial score (nSPS) is 21.0. The SMILES string of the molecule is CCOc1cncnc1NC1=CN2C(=CNC23CCCCC3)C(Cl)=C1. The first kappa shape index (κ1) is 16.3. The molecule has 0 aromatic carbocycles. The van der Waals surface area contributed by atoms with E-state index in [0.29, 0.717) is 23.2 Å². The monoisotopic (exact) mass is 359 g/mol. The Kier molecular flexibility index (Phi) is 4.29. The molecule has 0 unspecified atom stereocenters. The Morgan fingerprint density at radius 2 is 2.20 bits per heavy atom. The van der Waals surface area contributed by atoms with E-state index in [2.05, 4.69) is 31.7 Å². The zero-order valence-electron chi connectivity index (χ0n) is 14.3. The summed E-state index contributed by atoms with van der Waals surface area (Å²) in [5.74, 6) is 1.27. The molecule has 132 valence electrons. The van der Waals surface area contributed by atoms with E-state index in [0.717, 1.165) is 24.2 Å². The van der Waals surface area contributed by atoms with Crippen LogP contribution in [0, 0.1) is 0 Å². The van der Waals surface area contributed by atoms with Crippen molar-refractivity contribution in [2.24, 2.45) is 0 Å². The van der Waals surface area contributed by atoms with Crippen molar-refractivity contribution >= 4 is 17.4 Å². The molecule has 3 heterocycles. The average Bonchev–Trinajstić information content (AvgIpc) is 2.96. The van der Waals surface area contributed by atoms with Crippen LogP contribution in [0.1, 0.15) is 39.0 Å². The zero-order chi connectivity index (χ0) is 17.3. The predicted molar refractivity (Wildman–Crippen MR) is 97.7 cm³/mol. The number of aromatic nitrogens is 2. The van der Waals surface area contributed by atoms with Crippen molar-refractivity contribution < 1.29 is 4.74 Å². The highest BCUT2D eigenvalue weighted by molar-refractivity contribution is 6.32. The minimum Gasteiger partial charge on any atom is -0.488 e. The summed E-state index contributed by atoms with van der Waals surface area (Å²) in [7, 11) is 0. The maximum Gasteiger partial charge on any atom is 0.180 e. The summed E-state index contributed by atoms with van der Waals surface area (Å²) in [5, 5.41) is 7.62. The molecule has 1 aliphatic carbocycles. The van der Waals surface area contributed by atoms with Crippen LogP contribution in [0.5, 0.6) is 5.75 Å². The summed E-state index contributed by atoms with van der Waals surface area (Å²) in [6, 6.07) is 0. The first-order valence-corrected chi connectivity index (χ1v) is 9.16. The lowest BCUT2D eigenvalue weighted by atomic mass is 9.88. The van der Waals surface area contributed by atoms with Crippen LogP contribution in [0.2, 0.25) is 0 Å². The number of nitrogens with one attached hydrogen (secondary N) is 2. The molecule has 4 rings (SSSR count). The smallest absolute Gasteiger partial charge is 0.180 e. The number of fused-ring (bicyclic) bond motifs is 2. The molecular weight excluding hydrogens is 338 g/mol. The molecule has 2 aliphatic heterocycles. The van der Waals surface area contributed by atoms with Gasteiger partial charge in [0.2, 0.25) is 0 Å². The highest BCUT2D eigenvalue weighted by Gasteiger charge is 2.43. The number of halogens is 1. The molecule has 1 aromatic rings. The van der Waals surface area contributed by atoms with Gasteiger partial charge in [-0.1, -0.05) is 18.0 Å². The van der Waals surface area contributed by atoms with E-state index in [1.165, 1.54) is 25.6 Å². The van der Waals surface area contributed by atoms with Gasteiger partial charge in [0.1, 0.15) is 12.0 Å². The van der Waals surface area contributed by atoms with Gasteiger partial charge >= 0.3 is 0 Å². The predicted octanol–water partition coefficient (Wildman–Crippen LogP) is 3.67. The minimum absolute atomic E-state index is 0.0522. The molecule has 1 saturated carbocycles. The van der Waals surface area contributed by atoms with Gasteiger partial charge in [-0.15, -0.1) is 0 Å². The standard InChI is InChI=1S/C18H22ClN5O/c1-2-25-16-10-20-12-21-17(16)23-13-8-14(19)15-9-22-18(24(15)11-13)6-4-3-5-7-18/h8-12,22H,2-7H2,1H3,(H,20,21,23). The summed E-state index contributed by atoms with van der Waals surface area (Å²) in [6.07, 6.45) is 15.2. The van der Waals surface area contributed by atoms with Gasteiger partial charge in [0.15, 0.2) is 11.6 Å². The maximum absolute atomic E-state index is 6.55. The molecule has 1 fully saturated rings. The highest BCUT2D eigenvalue weighted by atomic mass is 35.5.